The number of hydrogen-bond acceptors (Lipinski definition) is 6. The van der Waals surface area contributed by atoms with Crippen LogP contribution in [0.4, 0.5) is 11.5 Å². The number of amides is 1. The van der Waals surface area contributed by atoms with E-state index in [1.807, 2.05) is 37.9 Å². The predicted octanol–water partition coefficient (Wildman–Crippen LogP) is 4.71. The van der Waals surface area contributed by atoms with Crippen LogP contribution in [0.5, 0.6) is 0 Å². The molecule has 0 aliphatic heterocycles. The van der Waals surface area contributed by atoms with Crippen molar-refractivity contribution >= 4 is 56.1 Å². The third kappa shape index (κ3) is 3.53. The Hall–Kier alpha value is -2.71. The zero-order valence-corrected chi connectivity index (χ0v) is 19.2. The van der Waals surface area contributed by atoms with Crippen molar-refractivity contribution < 1.29 is 4.79 Å². The molecule has 1 aliphatic carbocycles. The maximum atomic E-state index is 12.9. The number of halogens is 1. The summed E-state index contributed by atoms with van der Waals surface area (Å²) in [6, 6.07) is 4.09. The first-order valence-electron chi connectivity index (χ1n) is 10.3. The molecule has 0 aromatic carbocycles. The van der Waals surface area contributed by atoms with Gasteiger partial charge in [0.2, 0.25) is 5.91 Å². The normalized spacial score (nSPS) is 16.1. The molecule has 7 nitrogen and oxygen atoms in total. The Morgan fingerprint density at radius 3 is 3.03 bits per heavy atom. The summed E-state index contributed by atoms with van der Waals surface area (Å²) in [5, 5.41) is 9.23. The van der Waals surface area contributed by atoms with E-state index in [1.54, 1.807) is 34.6 Å². The van der Waals surface area contributed by atoms with Gasteiger partial charge in [-0.05, 0) is 50.8 Å². The predicted molar refractivity (Wildman–Crippen MR) is 124 cm³/mol. The molecule has 1 N–H and O–H groups in total. The molecule has 31 heavy (non-hydrogen) atoms. The van der Waals surface area contributed by atoms with E-state index in [1.165, 1.54) is 10.4 Å². The van der Waals surface area contributed by atoms with Crippen LogP contribution in [0.2, 0.25) is 5.02 Å². The van der Waals surface area contributed by atoms with Gasteiger partial charge in [0.1, 0.15) is 17.0 Å². The average molecular weight is 455 g/mol. The fraction of sp³-hybridized carbons (Fsp3) is 0.364. The van der Waals surface area contributed by atoms with E-state index in [-0.39, 0.29) is 17.9 Å². The van der Waals surface area contributed by atoms with Crippen LogP contribution < -0.4 is 5.32 Å². The molecule has 0 unspecified atom stereocenters. The minimum Gasteiger partial charge on any atom is -0.343 e. The first-order valence-corrected chi connectivity index (χ1v) is 11.5. The highest BCUT2D eigenvalue weighted by atomic mass is 35.5. The monoisotopic (exact) mass is 454 g/mol. The van der Waals surface area contributed by atoms with Crippen molar-refractivity contribution in [2.24, 2.45) is 5.92 Å². The van der Waals surface area contributed by atoms with Crippen LogP contribution in [0.15, 0.2) is 30.9 Å². The molecule has 4 heterocycles. The van der Waals surface area contributed by atoms with E-state index < -0.39 is 0 Å². The molecule has 0 saturated carbocycles. The first kappa shape index (κ1) is 20.2. The largest absolute Gasteiger partial charge is 0.343 e. The van der Waals surface area contributed by atoms with Gasteiger partial charge >= 0.3 is 0 Å². The SMILES string of the molecule is CC(C)N(C)C(=O)[C@H]1CCc2c(sc3ncnc(Nc4cc5ccnn5cc4Cl)c23)C1. The Kier molecular flexibility index (Phi) is 5.06. The van der Waals surface area contributed by atoms with Crippen molar-refractivity contribution in [3.05, 3.63) is 46.3 Å². The van der Waals surface area contributed by atoms with E-state index in [9.17, 15) is 4.79 Å². The van der Waals surface area contributed by atoms with Crippen molar-refractivity contribution in [2.45, 2.75) is 39.2 Å². The number of thiophene rings is 1. The van der Waals surface area contributed by atoms with Crippen LogP contribution in [-0.4, -0.2) is 43.5 Å². The molecule has 4 aromatic heterocycles. The Morgan fingerprint density at radius 2 is 2.23 bits per heavy atom. The number of carbonyl (C=O) groups is 1. The fourth-order valence-electron chi connectivity index (χ4n) is 4.12. The number of carbonyl (C=O) groups excluding carboxylic acids is 1. The molecule has 0 saturated heterocycles. The third-order valence-electron chi connectivity index (χ3n) is 6.06. The van der Waals surface area contributed by atoms with Gasteiger partial charge in [-0.2, -0.15) is 5.10 Å². The summed E-state index contributed by atoms with van der Waals surface area (Å²) in [6.45, 7) is 4.09. The van der Waals surface area contributed by atoms with Crippen LogP contribution in [0.1, 0.15) is 30.7 Å². The Balaban J connectivity index is 1.49. The van der Waals surface area contributed by atoms with Gasteiger partial charge < -0.3 is 10.2 Å². The Morgan fingerprint density at radius 1 is 1.39 bits per heavy atom. The minimum absolute atomic E-state index is 0.0241. The highest BCUT2D eigenvalue weighted by Crippen LogP contribution is 2.41. The van der Waals surface area contributed by atoms with Crippen molar-refractivity contribution in [3.63, 3.8) is 0 Å². The number of aromatic nitrogens is 4. The van der Waals surface area contributed by atoms with Gasteiger partial charge in [-0.25, -0.2) is 14.5 Å². The van der Waals surface area contributed by atoms with E-state index in [4.69, 9.17) is 11.6 Å². The van der Waals surface area contributed by atoms with Crippen molar-refractivity contribution in [1.82, 2.24) is 24.5 Å². The number of nitrogens with one attached hydrogen (secondary N) is 1. The van der Waals surface area contributed by atoms with Crippen LogP contribution in [0, 0.1) is 5.92 Å². The lowest BCUT2D eigenvalue weighted by molar-refractivity contribution is -0.136. The Bertz CT molecular complexity index is 1300. The summed E-state index contributed by atoms with van der Waals surface area (Å²) in [5.74, 6) is 0.997. The fourth-order valence-corrected chi connectivity index (χ4v) is 5.58. The topological polar surface area (TPSA) is 75.4 Å². The zero-order chi connectivity index (χ0) is 21.7. The number of aryl methyl sites for hydroxylation is 1. The molecule has 1 atom stereocenters. The molecule has 0 radical (unpaired) electrons. The van der Waals surface area contributed by atoms with Crippen LogP contribution in [-0.2, 0) is 17.6 Å². The van der Waals surface area contributed by atoms with Crippen LogP contribution in [0.25, 0.3) is 15.7 Å². The van der Waals surface area contributed by atoms with Gasteiger partial charge in [-0.15, -0.1) is 11.3 Å². The highest BCUT2D eigenvalue weighted by molar-refractivity contribution is 7.19. The number of nitrogens with zero attached hydrogens (tertiary/aromatic N) is 5. The standard InChI is InChI=1S/C22H23ClN6OS/c1-12(2)28(3)22(30)13-4-5-15-18(8-13)31-21-19(15)20(24-11-25-21)27-17-9-14-6-7-26-29(14)10-16(17)23/h6-7,9-13H,4-5,8H2,1-3H3,(H,24,25,27)/t13-/m0/s1. The number of anilines is 2. The molecular formula is C22H23ClN6OS. The number of fused-ring (bicyclic) bond motifs is 4. The maximum Gasteiger partial charge on any atom is 0.226 e. The minimum atomic E-state index is 0.0241. The van der Waals surface area contributed by atoms with Crippen LogP contribution >= 0.6 is 22.9 Å². The molecule has 1 aliphatic rings. The maximum absolute atomic E-state index is 12.9. The second kappa shape index (κ2) is 7.76. The van der Waals surface area contributed by atoms with Gasteiger partial charge in [0.05, 0.1) is 21.6 Å². The van der Waals surface area contributed by atoms with Gasteiger partial charge in [0, 0.05) is 36.3 Å². The van der Waals surface area contributed by atoms with Crippen molar-refractivity contribution in [2.75, 3.05) is 12.4 Å². The molecule has 0 fully saturated rings. The first-order chi connectivity index (χ1) is 14.9. The highest BCUT2D eigenvalue weighted by Gasteiger charge is 2.31. The summed E-state index contributed by atoms with van der Waals surface area (Å²) < 4.78 is 1.74. The summed E-state index contributed by atoms with van der Waals surface area (Å²) in [4.78, 5) is 25.9. The summed E-state index contributed by atoms with van der Waals surface area (Å²) in [5.41, 5.74) is 2.97. The average Bonchev–Trinajstić information content (AvgIpc) is 3.36. The lowest BCUT2D eigenvalue weighted by Gasteiger charge is -2.29. The number of hydrogen-bond donors (Lipinski definition) is 1. The van der Waals surface area contributed by atoms with Crippen molar-refractivity contribution in [3.8, 4) is 0 Å². The van der Waals surface area contributed by atoms with Gasteiger partial charge in [-0.3, -0.25) is 4.79 Å². The van der Waals surface area contributed by atoms with E-state index >= 15 is 0 Å². The Labute approximate surface area is 189 Å². The molecule has 160 valence electrons. The van der Waals surface area contributed by atoms with E-state index in [2.05, 4.69) is 20.4 Å². The third-order valence-corrected chi connectivity index (χ3v) is 7.52. The second-order valence-corrected chi connectivity index (χ2v) is 9.74. The molecule has 0 bridgehead atoms. The lowest BCUT2D eigenvalue weighted by Crippen LogP contribution is -2.39. The van der Waals surface area contributed by atoms with Crippen LogP contribution in [0.3, 0.4) is 0 Å². The van der Waals surface area contributed by atoms with Gasteiger partial charge in [0.25, 0.3) is 0 Å². The molecule has 0 spiro atoms. The van der Waals surface area contributed by atoms with Crippen molar-refractivity contribution in [1.29, 1.82) is 0 Å². The molecule has 1 amide bonds. The van der Waals surface area contributed by atoms with E-state index in [0.717, 1.165) is 46.5 Å². The molecule has 9 heteroatoms. The van der Waals surface area contributed by atoms with E-state index in [0.29, 0.717) is 5.02 Å². The summed E-state index contributed by atoms with van der Waals surface area (Å²) >= 11 is 8.15. The summed E-state index contributed by atoms with van der Waals surface area (Å²) in [7, 11) is 1.89. The molecule has 5 rings (SSSR count). The number of pyridine rings is 1. The summed E-state index contributed by atoms with van der Waals surface area (Å²) in [6.07, 6.45) is 7.53. The van der Waals surface area contributed by atoms with Gasteiger partial charge in [-0.1, -0.05) is 11.6 Å². The van der Waals surface area contributed by atoms with Gasteiger partial charge in [0.15, 0.2) is 0 Å². The quantitative estimate of drug-likeness (QED) is 0.483. The lowest BCUT2D eigenvalue weighted by atomic mass is 9.86. The smallest absolute Gasteiger partial charge is 0.226 e. The second-order valence-electron chi connectivity index (χ2n) is 8.25. The number of rotatable bonds is 4. The zero-order valence-electron chi connectivity index (χ0n) is 17.6. The molecule has 4 aromatic rings. The molecular weight excluding hydrogens is 432 g/mol.